The van der Waals surface area contributed by atoms with Crippen LogP contribution in [-0.2, 0) is 4.79 Å². The molecule has 0 atom stereocenters. The number of hydrogen-bond acceptors (Lipinski definition) is 4. The van der Waals surface area contributed by atoms with E-state index < -0.39 is 0 Å². The van der Waals surface area contributed by atoms with Gasteiger partial charge < -0.3 is 19.5 Å². The number of halogens is 1. The summed E-state index contributed by atoms with van der Waals surface area (Å²) in [6.45, 7) is 4.74. The van der Waals surface area contributed by atoms with Crippen molar-refractivity contribution in [3.8, 4) is 11.3 Å². The summed E-state index contributed by atoms with van der Waals surface area (Å²) in [4.78, 5) is 29.4. The highest BCUT2D eigenvalue weighted by Gasteiger charge is 2.20. The molecule has 1 fully saturated rings. The third kappa shape index (κ3) is 5.98. The molecule has 1 saturated heterocycles. The van der Waals surface area contributed by atoms with Crippen LogP contribution in [0.1, 0.15) is 21.7 Å². The monoisotopic (exact) mass is 525 g/mol. The van der Waals surface area contributed by atoms with Crippen LogP contribution >= 0.6 is 11.6 Å². The molecule has 0 saturated carbocycles. The molecule has 0 spiro atoms. The van der Waals surface area contributed by atoms with Gasteiger partial charge in [0.1, 0.15) is 5.76 Å². The van der Waals surface area contributed by atoms with Crippen LogP contribution in [0.4, 0.5) is 11.4 Å². The zero-order valence-electron chi connectivity index (χ0n) is 21.1. The van der Waals surface area contributed by atoms with Crippen LogP contribution in [0.3, 0.4) is 0 Å². The van der Waals surface area contributed by atoms with Gasteiger partial charge in [-0.25, -0.2) is 0 Å². The van der Waals surface area contributed by atoms with Crippen molar-refractivity contribution in [2.24, 2.45) is 0 Å². The smallest absolute Gasteiger partial charge is 0.291 e. The number of nitrogens with zero attached hydrogens (tertiary/aromatic N) is 2. The molecular weight excluding hydrogens is 498 g/mol. The van der Waals surface area contributed by atoms with Gasteiger partial charge in [0.05, 0.1) is 0 Å². The topological polar surface area (TPSA) is 65.8 Å². The lowest BCUT2D eigenvalue weighted by Gasteiger charge is -2.35. The lowest BCUT2D eigenvalue weighted by molar-refractivity contribution is -0.126. The van der Waals surface area contributed by atoms with Crippen LogP contribution in [-0.4, -0.2) is 42.9 Å². The van der Waals surface area contributed by atoms with E-state index in [0.717, 1.165) is 35.5 Å². The van der Waals surface area contributed by atoms with Gasteiger partial charge in [-0.2, -0.15) is 0 Å². The summed E-state index contributed by atoms with van der Waals surface area (Å²) < 4.78 is 5.77. The van der Waals surface area contributed by atoms with Crippen LogP contribution in [0.5, 0.6) is 0 Å². The maximum absolute atomic E-state index is 12.7. The quantitative estimate of drug-likeness (QED) is 0.291. The van der Waals surface area contributed by atoms with E-state index >= 15 is 0 Å². The Morgan fingerprint density at radius 3 is 2.34 bits per heavy atom. The summed E-state index contributed by atoms with van der Waals surface area (Å²) in [5, 5.41) is 3.54. The van der Waals surface area contributed by atoms with Crippen molar-refractivity contribution in [2.75, 3.05) is 36.4 Å². The second kappa shape index (κ2) is 11.4. The van der Waals surface area contributed by atoms with Gasteiger partial charge in [0.15, 0.2) is 5.76 Å². The number of piperazine rings is 1. The second-order valence-corrected chi connectivity index (χ2v) is 9.59. The minimum atomic E-state index is -0.321. The van der Waals surface area contributed by atoms with E-state index in [1.807, 2.05) is 90.7 Å². The molecule has 4 aromatic rings. The SMILES string of the molecule is Cc1ccc(-c2ccc(C(=O)Nc3ccc(N4CCN(C(=O)/C=C/c5ccccc5)CC4)cc3)o2)cc1Cl. The number of benzene rings is 3. The molecule has 0 radical (unpaired) electrons. The molecule has 5 rings (SSSR count). The maximum Gasteiger partial charge on any atom is 0.291 e. The van der Waals surface area contributed by atoms with Crippen molar-refractivity contribution in [2.45, 2.75) is 6.92 Å². The van der Waals surface area contributed by atoms with Crippen LogP contribution in [0.25, 0.3) is 17.4 Å². The summed E-state index contributed by atoms with van der Waals surface area (Å²) in [6, 6.07) is 26.6. The second-order valence-electron chi connectivity index (χ2n) is 9.19. The number of rotatable bonds is 6. The van der Waals surface area contributed by atoms with Crippen LogP contribution < -0.4 is 10.2 Å². The van der Waals surface area contributed by atoms with Crippen molar-refractivity contribution < 1.29 is 14.0 Å². The van der Waals surface area contributed by atoms with Gasteiger partial charge in [0.25, 0.3) is 5.91 Å². The van der Waals surface area contributed by atoms with E-state index in [1.165, 1.54) is 0 Å². The number of carbonyl (C=O) groups excluding carboxylic acids is 2. The van der Waals surface area contributed by atoms with Gasteiger partial charge in [-0.3, -0.25) is 9.59 Å². The molecule has 1 aliphatic rings. The summed E-state index contributed by atoms with van der Waals surface area (Å²) in [5.74, 6) is 0.513. The van der Waals surface area contributed by atoms with Gasteiger partial charge >= 0.3 is 0 Å². The molecule has 0 aliphatic carbocycles. The highest BCUT2D eigenvalue weighted by molar-refractivity contribution is 6.31. The number of hydrogen-bond donors (Lipinski definition) is 1. The van der Waals surface area contributed by atoms with E-state index in [-0.39, 0.29) is 17.6 Å². The maximum atomic E-state index is 12.7. The molecular formula is C31H28ClN3O3. The zero-order chi connectivity index (χ0) is 26.5. The minimum absolute atomic E-state index is 0.0260. The average Bonchev–Trinajstić information content (AvgIpc) is 3.45. The number of amides is 2. The van der Waals surface area contributed by atoms with E-state index in [4.69, 9.17) is 16.0 Å². The zero-order valence-corrected chi connectivity index (χ0v) is 21.8. The Balaban J connectivity index is 1.14. The molecule has 0 unspecified atom stereocenters. The first-order valence-corrected chi connectivity index (χ1v) is 12.9. The van der Waals surface area contributed by atoms with Gasteiger partial charge in [0, 0.05) is 54.2 Å². The Labute approximate surface area is 227 Å². The first kappa shape index (κ1) is 25.4. The first-order valence-electron chi connectivity index (χ1n) is 12.5. The molecule has 0 bridgehead atoms. The number of nitrogens with one attached hydrogen (secondary N) is 1. The average molecular weight is 526 g/mol. The largest absolute Gasteiger partial charge is 0.451 e. The predicted molar refractivity (Wildman–Crippen MR) is 153 cm³/mol. The predicted octanol–water partition coefficient (Wildman–Crippen LogP) is 6.52. The molecule has 2 heterocycles. The number of anilines is 2. The lowest BCUT2D eigenvalue weighted by Crippen LogP contribution is -2.48. The molecule has 2 amide bonds. The van der Waals surface area contributed by atoms with Gasteiger partial charge in [-0.05, 0) is 66.6 Å². The number of carbonyl (C=O) groups is 2. The van der Waals surface area contributed by atoms with E-state index in [9.17, 15) is 9.59 Å². The summed E-state index contributed by atoms with van der Waals surface area (Å²) in [7, 11) is 0. The van der Waals surface area contributed by atoms with Crippen molar-refractivity contribution in [1.29, 1.82) is 0 Å². The Morgan fingerprint density at radius 1 is 0.895 bits per heavy atom. The summed E-state index contributed by atoms with van der Waals surface area (Å²) >= 11 is 6.22. The van der Waals surface area contributed by atoms with Crippen molar-refractivity contribution in [3.05, 3.63) is 113 Å². The Hall–Kier alpha value is -4.29. The van der Waals surface area contributed by atoms with Crippen molar-refractivity contribution in [1.82, 2.24) is 4.90 Å². The first-order chi connectivity index (χ1) is 18.5. The van der Waals surface area contributed by atoms with Gasteiger partial charge in [-0.15, -0.1) is 0 Å². The molecule has 6 nitrogen and oxygen atoms in total. The fourth-order valence-corrected chi connectivity index (χ4v) is 4.51. The van der Waals surface area contributed by atoms with Crippen LogP contribution in [0.2, 0.25) is 5.02 Å². The molecule has 1 aromatic heterocycles. The van der Waals surface area contributed by atoms with Crippen molar-refractivity contribution >= 4 is 40.9 Å². The Kier molecular flexibility index (Phi) is 7.61. The van der Waals surface area contributed by atoms with Gasteiger partial charge in [0.2, 0.25) is 5.91 Å². The fraction of sp³-hybridized carbons (Fsp3) is 0.161. The Bertz CT molecular complexity index is 1450. The van der Waals surface area contributed by atoms with E-state index in [1.54, 1.807) is 18.2 Å². The molecule has 38 heavy (non-hydrogen) atoms. The third-order valence-electron chi connectivity index (χ3n) is 6.59. The van der Waals surface area contributed by atoms with Crippen LogP contribution in [0.15, 0.2) is 95.4 Å². The fourth-order valence-electron chi connectivity index (χ4n) is 4.33. The lowest BCUT2D eigenvalue weighted by atomic mass is 10.1. The molecule has 7 heteroatoms. The highest BCUT2D eigenvalue weighted by Crippen LogP contribution is 2.27. The summed E-state index contributed by atoms with van der Waals surface area (Å²) in [5.41, 5.74) is 4.53. The molecule has 1 aliphatic heterocycles. The Morgan fingerprint density at radius 2 is 1.63 bits per heavy atom. The highest BCUT2D eigenvalue weighted by atomic mass is 35.5. The molecule has 3 aromatic carbocycles. The standard InChI is InChI=1S/C31H28ClN3O3/c1-22-7-9-24(21-27(22)32)28-14-15-29(38-28)31(37)33-25-10-12-26(13-11-25)34-17-19-35(20-18-34)30(36)16-8-23-5-3-2-4-6-23/h2-16,21H,17-20H2,1H3,(H,33,37)/b16-8+. The summed E-state index contributed by atoms with van der Waals surface area (Å²) in [6.07, 6.45) is 3.49. The normalized spacial score (nSPS) is 13.6. The van der Waals surface area contributed by atoms with E-state index in [2.05, 4.69) is 10.2 Å². The van der Waals surface area contributed by atoms with Crippen LogP contribution in [0, 0.1) is 6.92 Å². The van der Waals surface area contributed by atoms with E-state index in [0.29, 0.717) is 29.6 Å². The number of aryl methyl sites for hydroxylation is 1. The minimum Gasteiger partial charge on any atom is -0.451 e. The third-order valence-corrected chi connectivity index (χ3v) is 6.99. The number of furan rings is 1. The van der Waals surface area contributed by atoms with Gasteiger partial charge in [-0.1, -0.05) is 54.1 Å². The molecule has 192 valence electrons. The van der Waals surface area contributed by atoms with Crippen molar-refractivity contribution in [3.63, 3.8) is 0 Å². The molecule has 1 N–H and O–H groups in total.